The maximum absolute atomic E-state index is 13.0. The number of carbonyl (C=O) groups is 1. The molecule has 4 bridgehead atoms. The second-order valence-electron chi connectivity index (χ2n) is 7.76. The van der Waals surface area contributed by atoms with Gasteiger partial charge in [-0.15, -0.1) is 0 Å². The Kier molecular flexibility index (Phi) is 3.61. The topological polar surface area (TPSA) is 98.5 Å². The molecule has 4 fully saturated rings. The summed E-state index contributed by atoms with van der Waals surface area (Å²) in [6.45, 7) is 0. The molecule has 0 unspecified atom stereocenters. The minimum atomic E-state index is -4.07. The third-order valence-electron chi connectivity index (χ3n) is 5.82. The molecule has 0 radical (unpaired) electrons. The van der Waals surface area contributed by atoms with Crippen molar-refractivity contribution in [1.82, 2.24) is 0 Å². The van der Waals surface area contributed by atoms with Crippen LogP contribution in [0.1, 0.15) is 38.5 Å². The Morgan fingerprint density at radius 1 is 1.12 bits per heavy atom. The second-order valence-corrected chi connectivity index (χ2v) is 8.91. The van der Waals surface area contributed by atoms with Crippen molar-refractivity contribution < 1.29 is 17.4 Å². The minimum absolute atomic E-state index is 0.0642. The first kappa shape index (κ1) is 15.9. The summed E-state index contributed by atoms with van der Waals surface area (Å²) in [5, 5.41) is 7.85. The molecule has 0 atom stereocenters. The molecule has 0 spiro atoms. The predicted octanol–water partition coefficient (Wildman–Crippen LogP) is 2.42. The van der Waals surface area contributed by atoms with Gasteiger partial charge in [-0.3, -0.25) is 4.79 Å². The molecule has 0 heterocycles. The lowest BCUT2D eigenvalue weighted by Crippen LogP contribution is -2.51. The number of anilines is 1. The van der Waals surface area contributed by atoms with E-state index in [0.717, 1.165) is 19.3 Å². The van der Waals surface area contributed by atoms with Gasteiger partial charge in [0.25, 0.3) is 0 Å². The van der Waals surface area contributed by atoms with Crippen molar-refractivity contribution >= 4 is 21.9 Å². The summed E-state index contributed by atoms with van der Waals surface area (Å²) in [6, 6.07) is 6.35. The Labute approximate surface area is 142 Å². The van der Waals surface area contributed by atoms with Crippen molar-refractivity contribution in [3.8, 4) is 5.75 Å². The first-order valence-electron chi connectivity index (χ1n) is 8.45. The number of nitrogens with one attached hydrogen (secondary N) is 1. The molecule has 4 aliphatic carbocycles. The standard InChI is InChI=1S/C17H22N2O4S/c18-24(21,22)23-15-3-1-2-14(7-15)19-16(20)17-8-11-4-12(9-17)6-13(5-11)10-17/h1-3,7,11-13H,4-6,8-10H2,(H,19,20)(H2,18,21,22). The van der Waals surface area contributed by atoms with Crippen LogP contribution in [0.15, 0.2) is 24.3 Å². The molecule has 130 valence electrons. The van der Waals surface area contributed by atoms with Crippen LogP contribution >= 0.6 is 0 Å². The Bertz CT molecular complexity index is 739. The zero-order valence-corrected chi connectivity index (χ0v) is 14.2. The summed E-state index contributed by atoms with van der Waals surface area (Å²) in [5.74, 6) is 2.24. The molecule has 24 heavy (non-hydrogen) atoms. The molecule has 1 aromatic carbocycles. The highest BCUT2D eigenvalue weighted by atomic mass is 32.2. The van der Waals surface area contributed by atoms with Gasteiger partial charge in [0.05, 0.1) is 5.41 Å². The lowest BCUT2D eigenvalue weighted by Gasteiger charge is -2.55. The van der Waals surface area contributed by atoms with Gasteiger partial charge in [-0.2, -0.15) is 13.6 Å². The predicted molar refractivity (Wildman–Crippen MR) is 89.4 cm³/mol. The fourth-order valence-electron chi connectivity index (χ4n) is 5.41. The zero-order chi connectivity index (χ0) is 16.9. The number of benzene rings is 1. The molecule has 5 rings (SSSR count). The van der Waals surface area contributed by atoms with Gasteiger partial charge >= 0.3 is 10.3 Å². The lowest BCUT2D eigenvalue weighted by atomic mass is 9.49. The van der Waals surface area contributed by atoms with Crippen LogP contribution in [0, 0.1) is 23.2 Å². The third kappa shape index (κ3) is 3.02. The van der Waals surface area contributed by atoms with Crippen LogP contribution in [0.2, 0.25) is 0 Å². The fraction of sp³-hybridized carbons (Fsp3) is 0.588. The van der Waals surface area contributed by atoms with Crippen molar-refractivity contribution in [2.75, 3.05) is 5.32 Å². The van der Waals surface area contributed by atoms with E-state index in [9.17, 15) is 13.2 Å². The van der Waals surface area contributed by atoms with Crippen LogP contribution < -0.4 is 14.6 Å². The number of carbonyl (C=O) groups excluding carboxylic acids is 1. The van der Waals surface area contributed by atoms with E-state index >= 15 is 0 Å². The summed E-state index contributed by atoms with van der Waals surface area (Å²) in [7, 11) is -4.07. The van der Waals surface area contributed by atoms with Crippen molar-refractivity contribution in [2.45, 2.75) is 38.5 Å². The van der Waals surface area contributed by atoms with Crippen molar-refractivity contribution in [3.63, 3.8) is 0 Å². The van der Waals surface area contributed by atoms with Crippen LogP contribution in [0.25, 0.3) is 0 Å². The molecule has 0 saturated heterocycles. The Hall–Kier alpha value is -1.60. The van der Waals surface area contributed by atoms with Gasteiger partial charge in [0.2, 0.25) is 5.91 Å². The van der Waals surface area contributed by atoms with E-state index in [-0.39, 0.29) is 17.1 Å². The van der Waals surface area contributed by atoms with Gasteiger partial charge < -0.3 is 9.50 Å². The molecule has 1 aromatic rings. The molecule has 0 aliphatic heterocycles. The second kappa shape index (κ2) is 5.46. The highest BCUT2D eigenvalue weighted by Gasteiger charge is 2.54. The molecule has 4 saturated carbocycles. The smallest absolute Gasteiger partial charge is 0.371 e. The van der Waals surface area contributed by atoms with Crippen LogP contribution in [-0.2, 0) is 15.1 Å². The van der Waals surface area contributed by atoms with Crippen LogP contribution in [0.5, 0.6) is 5.75 Å². The average molecular weight is 350 g/mol. The summed E-state index contributed by atoms with van der Waals surface area (Å²) in [4.78, 5) is 13.0. The zero-order valence-electron chi connectivity index (χ0n) is 13.4. The number of hydrogen-bond acceptors (Lipinski definition) is 4. The molecule has 1 amide bonds. The Balaban J connectivity index is 1.51. The lowest BCUT2D eigenvalue weighted by molar-refractivity contribution is -0.140. The normalized spacial score (nSPS) is 34.1. The van der Waals surface area contributed by atoms with Gasteiger partial charge in [-0.05, 0) is 68.4 Å². The molecule has 3 N–H and O–H groups in total. The number of nitrogens with two attached hydrogens (primary N) is 1. The van der Waals surface area contributed by atoms with E-state index in [4.69, 9.17) is 5.14 Å². The summed E-state index contributed by atoms with van der Waals surface area (Å²) in [6.07, 6.45) is 6.80. The Morgan fingerprint density at radius 2 is 1.71 bits per heavy atom. The van der Waals surface area contributed by atoms with E-state index in [1.54, 1.807) is 12.1 Å². The number of hydrogen-bond donors (Lipinski definition) is 2. The van der Waals surface area contributed by atoms with Gasteiger partial charge in [0.15, 0.2) is 0 Å². The SMILES string of the molecule is NS(=O)(=O)Oc1cccc(NC(=O)C23CC4CC(CC(C4)C2)C3)c1. The number of rotatable bonds is 4. The molecule has 4 aliphatic rings. The van der Waals surface area contributed by atoms with Gasteiger partial charge in [-0.25, -0.2) is 0 Å². The van der Waals surface area contributed by atoms with Crippen LogP contribution in [0.4, 0.5) is 5.69 Å². The molecular formula is C17H22N2O4S. The van der Waals surface area contributed by atoms with Gasteiger partial charge in [0, 0.05) is 11.8 Å². The molecule has 0 aromatic heterocycles. The maximum Gasteiger partial charge on any atom is 0.380 e. The summed E-state index contributed by atoms with van der Waals surface area (Å²) < 4.78 is 26.7. The highest BCUT2D eigenvalue weighted by Crippen LogP contribution is 2.60. The maximum atomic E-state index is 13.0. The Morgan fingerprint density at radius 3 is 2.25 bits per heavy atom. The van der Waals surface area contributed by atoms with E-state index in [1.807, 2.05) is 0 Å². The highest BCUT2D eigenvalue weighted by molar-refractivity contribution is 7.84. The summed E-state index contributed by atoms with van der Waals surface area (Å²) in [5.41, 5.74) is 0.294. The van der Waals surface area contributed by atoms with E-state index < -0.39 is 10.3 Å². The van der Waals surface area contributed by atoms with E-state index in [2.05, 4.69) is 9.50 Å². The summed E-state index contributed by atoms with van der Waals surface area (Å²) >= 11 is 0. The fourth-order valence-corrected chi connectivity index (χ4v) is 5.78. The first-order chi connectivity index (χ1) is 11.3. The monoisotopic (exact) mass is 350 g/mol. The average Bonchev–Trinajstić information content (AvgIpc) is 2.44. The molecule has 6 nitrogen and oxygen atoms in total. The van der Waals surface area contributed by atoms with Crippen molar-refractivity contribution in [3.05, 3.63) is 24.3 Å². The van der Waals surface area contributed by atoms with Crippen molar-refractivity contribution in [1.29, 1.82) is 0 Å². The van der Waals surface area contributed by atoms with Crippen LogP contribution in [-0.4, -0.2) is 14.3 Å². The van der Waals surface area contributed by atoms with Crippen LogP contribution in [0.3, 0.4) is 0 Å². The largest absolute Gasteiger partial charge is 0.380 e. The quantitative estimate of drug-likeness (QED) is 0.871. The number of amides is 1. The minimum Gasteiger partial charge on any atom is -0.371 e. The van der Waals surface area contributed by atoms with Gasteiger partial charge in [-0.1, -0.05) is 6.07 Å². The first-order valence-corrected chi connectivity index (χ1v) is 9.92. The molecule has 7 heteroatoms. The molecular weight excluding hydrogens is 328 g/mol. The van der Waals surface area contributed by atoms with Crippen molar-refractivity contribution in [2.24, 2.45) is 28.3 Å². The van der Waals surface area contributed by atoms with Gasteiger partial charge in [0.1, 0.15) is 5.75 Å². The van der Waals surface area contributed by atoms with E-state index in [0.29, 0.717) is 23.4 Å². The third-order valence-corrected chi connectivity index (χ3v) is 6.25. The van der Waals surface area contributed by atoms with E-state index in [1.165, 1.54) is 31.4 Å².